The highest BCUT2D eigenvalue weighted by Gasteiger charge is 2.10. The first kappa shape index (κ1) is 16.0. The van der Waals surface area contributed by atoms with Crippen molar-refractivity contribution in [2.24, 2.45) is 0 Å². The molecule has 0 saturated carbocycles. The quantitative estimate of drug-likeness (QED) is 0.860. The van der Waals surface area contributed by atoms with E-state index in [4.69, 9.17) is 4.74 Å². The van der Waals surface area contributed by atoms with Crippen LogP contribution in [0.25, 0.3) is 0 Å². The van der Waals surface area contributed by atoms with E-state index in [0.29, 0.717) is 18.5 Å². The standard InChI is InChI=1S/C18H21NO3/c1-13(20)16-5-3-4-6-17(16)19-18(21)12-9-14-7-10-15(22-2)11-8-14/h3-8,10-11,13,20H,9,12H2,1-2H3,(H,19,21). The summed E-state index contributed by atoms with van der Waals surface area (Å²) in [4.78, 5) is 12.1. The summed E-state index contributed by atoms with van der Waals surface area (Å²) < 4.78 is 5.11. The monoisotopic (exact) mass is 299 g/mol. The van der Waals surface area contributed by atoms with Gasteiger partial charge in [0.15, 0.2) is 0 Å². The molecule has 4 heteroatoms. The molecule has 22 heavy (non-hydrogen) atoms. The number of hydrogen-bond acceptors (Lipinski definition) is 3. The summed E-state index contributed by atoms with van der Waals surface area (Å²) in [7, 11) is 1.63. The second-order valence-corrected chi connectivity index (χ2v) is 5.16. The molecule has 0 spiro atoms. The molecule has 1 amide bonds. The zero-order chi connectivity index (χ0) is 15.9. The molecular weight excluding hydrogens is 278 g/mol. The zero-order valence-corrected chi connectivity index (χ0v) is 12.9. The van der Waals surface area contributed by atoms with Gasteiger partial charge in [-0.3, -0.25) is 4.79 Å². The number of nitrogens with one attached hydrogen (secondary N) is 1. The molecule has 0 aromatic heterocycles. The van der Waals surface area contributed by atoms with Gasteiger partial charge < -0.3 is 15.2 Å². The van der Waals surface area contributed by atoms with Gasteiger partial charge in [-0.25, -0.2) is 0 Å². The zero-order valence-electron chi connectivity index (χ0n) is 12.9. The van der Waals surface area contributed by atoms with Gasteiger partial charge in [-0.2, -0.15) is 0 Å². The summed E-state index contributed by atoms with van der Waals surface area (Å²) in [6.45, 7) is 1.68. The third-order valence-corrected chi connectivity index (χ3v) is 3.48. The molecule has 0 radical (unpaired) electrons. The number of rotatable bonds is 6. The number of amides is 1. The topological polar surface area (TPSA) is 58.6 Å². The van der Waals surface area contributed by atoms with Gasteiger partial charge in [-0.15, -0.1) is 0 Å². The first-order valence-corrected chi connectivity index (χ1v) is 7.30. The molecule has 2 aromatic rings. The van der Waals surface area contributed by atoms with Crippen molar-refractivity contribution >= 4 is 11.6 Å². The van der Waals surface area contributed by atoms with Crippen molar-refractivity contribution in [1.82, 2.24) is 0 Å². The number of para-hydroxylation sites is 1. The lowest BCUT2D eigenvalue weighted by Gasteiger charge is -2.13. The van der Waals surface area contributed by atoms with Crippen LogP contribution in [0.1, 0.15) is 30.6 Å². The van der Waals surface area contributed by atoms with Crippen molar-refractivity contribution in [3.63, 3.8) is 0 Å². The van der Waals surface area contributed by atoms with Crippen LogP contribution >= 0.6 is 0 Å². The maximum Gasteiger partial charge on any atom is 0.224 e. The number of ether oxygens (including phenoxy) is 1. The number of methoxy groups -OCH3 is 1. The third-order valence-electron chi connectivity index (χ3n) is 3.48. The van der Waals surface area contributed by atoms with Gasteiger partial charge in [0, 0.05) is 17.7 Å². The van der Waals surface area contributed by atoms with E-state index >= 15 is 0 Å². The van der Waals surface area contributed by atoms with Crippen molar-refractivity contribution in [3.8, 4) is 5.75 Å². The van der Waals surface area contributed by atoms with Crippen molar-refractivity contribution in [2.75, 3.05) is 12.4 Å². The fourth-order valence-electron chi connectivity index (χ4n) is 2.24. The largest absolute Gasteiger partial charge is 0.497 e. The van der Waals surface area contributed by atoms with Gasteiger partial charge in [0.05, 0.1) is 13.2 Å². The highest BCUT2D eigenvalue weighted by molar-refractivity contribution is 5.91. The molecule has 2 aromatic carbocycles. The van der Waals surface area contributed by atoms with Crippen LogP contribution in [0.2, 0.25) is 0 Å². The molecule has 0 aliphatic rings. The summed E-state index contributed by atoms with van der Waals surface area (Å²) in [6.07, 6.45) is 0.436. The molecule has 0 saturated heterocycles. The van der Waals surface area contributed by atoms with Crippen LogP contribution in [-0.2, 0) is 11.2 Å². The van der Waals surface area contributed by atoms with Gasteiger partial charge in [0.25, 0.3) is 0 Å². The van der Waals surface area contributed by atoms with E-state index in [1.165, 1.54) is 0 Å². The van der Waals surface area contributed by atoms with Gasteiger partial charge in [-0.05, 0) is 37.1 Å². The predicted molar refractivity (Wildman–Crippen MR) is 87.0 cm³/mol. The van der Waals surface area contributed by atoms with Crippen molar-refractivity contribution in [3.05, 3.63) is 59.7 Å². The van der Waals surface area contributed by atoms with Crippen LogP contribution in [0.4, 0.5) is 5.69 Å². The molecule has 0 aliphatic heterocycles. The van der Waals surface area contributed by atoms with Gasteiger partial charge >= 0.3 is 0 Å². The fourth-order valence-corrected chi connectivity index (χ4v) is 2.24. The number of benzene rings is 2. The molecule has 0 fully saturated rings. The summed E-state index contributed by atoms with van der Waals surface area (Å²) >= 11 is 0. The Morgan fingerprint density at radius 1 is 1.18 bits per heavy atom. The number of hydrogen-bond donors (Lipinski definition) is 2. The predicted octanol–water partition coefficient (Wildman–Crippen LogP) is 3.32. The minimum Gasteiger partial charge on any atom is -0.497 e. The molecule has 1 atom stereocenters. The number of carbonyl (C=O) groups excluding carboxylic acids is 1. The van der Waals surface area contributed by atoms with Crippen molar-refractivity contribution in [2.45, 2.75) is 25.9 Å². The van der Waals surface area contributed by atoms with Crippen LogP contribution in [0, 0.1) is 0 Å². The van der Waals surface area contributed by atoms with E-state index in [2.05, 4.69) is 5.32 Å². The Labute approximate surface area is 130 Å². The number of carbonyl (C=O) groups is 1. The summed E-state index contributed by atoms with van der Waals surface area (Å²) in [5.74, 6) is 0.739. The van der Waals surface area contributed by atoms with E-state index in [1.54, 1.807) is 20.1 Å². The first-order chi connectivity index (χ1) is 10.6. The van der Waals surface area contributed by atoms with Gasteiger partial charge in [0.2, 0.25) is 5.91 Å². The van der Waals surface area contributed by atoms with Crippen LogP contribution in [0.3, 0.4) is 0 Å². The third kappa shape index (κ3) is 4.33. The van der Waals surface area contributed by atoms with Gasteiger partial charge in [0.1, 0.15) is 5.75 Å². The second-order valence-electron chi connectivity index (χ2n) is 5.16. The molecule has 0 bridgehead atoms. The number of aliphatic hydroxyl groups is 1. The normalized spacial score (nSPS) is 11.8. The van der Waals surface area contributed by atoms with Crippen LogP contribution in [0.5, 0.6) is 5.75 Å². The number of anilines is 1. The Hall–Kier alpha value is -2.33. The molecule has 1 unspecified atom stereocenters. The SMILES string of the molecule is COc1ccc(CCC(=O)Nc2ccccc2C(C)O)cc1. The Balaban J connectivity index is 1.93. The average molecular weight is 299 g/mol. The molecule has 2 rings (SSSR count). The molecule has 0 heterocycles. The molecular formula is C18H21NO3. The highest BCUT2D eigenvalue weighted by Crippen LogP contribution is 2.22. The van der Waals surface area contributed by atoms with Crippen molar-refractivity contribution in [1.29, 1.82) is 0 Å². The van der Waals surface area contributed by atoms with E-state index in [9.17, 15) is 9.90 Å². The van der Waals surface area contributed by atoms with Crippen LogP contribution in [-0.4, -0.2) is 18.1 Å². The lowest BCUT2D eigenvalue weighted by molar-refractivity contribution is -0.116. The van der Waals surface area contributed by atoms with Crippen molar-refractivity contribution < 1.29 is 14.6 Å². The molecule has 2 N–H and O–H groups in total. The van der Waals surface area contributed by atoms with E-state index in [1.807, 2.05) is 42.5 Å². The molecule has 116 valence electrons. The Morgan fingerprint density at radius 2 is 1.86 bits per heavy atom. The number of aliphatic hydroxyl groups excluding tert-OH is 1. The maximum atomic E-state index is 12.1. The lowest BCUT2D eigenvalue weighted by Crippen LogP contribution is -2.14. The fraction of sp³-hybridized carbons (Fsp3) is 0.278. The summed E-state index contributed by atoms with van der Waals surface area (Å²) in [6, 6.07) is 15.0. The highest BCUT2D eigenvalue weighted by atomic mass is 16.5. The number of aryl methyl sites for hydroxylation is 1. The first-order valence-electron chi connectivity index (χ1n) is 7.30. The van der Waals surface area contributed by atoms with Crippen LogP contribution < -0.4 is 10.1 Å². The maximum absolute atomic E-state index is 12.1. The second kappa shape index (κ2) is 7.61. The van der Waals surface area contributed by atoms with E-state index < -0.39 is 6.10 Å². The smallest absolute Gasteiger partial charge is 0.224 e. The Morgan fingerprint density at radius 3 is 2.50 bits per heavy atom. The molecule has 0 aliphatic carbocycles. The van der Waals surface area contributed by atoms with E-state index in [-0.39, 0.29) is 5.91 Å². The minimum atomic E-state index is -0.613. The minimum absolute atomic E-state index is 0.0658. The lowest BCUT2D eigenvalue weighted by atomic mass is 10.1. The van der Waals surface area contributed by atoms with Gasteiger partial charge in [-0.1, -0.05) is 30.3 Å². The average Bonchev–Trinajstić information content (AvgIpc) is 2.53. The molecule has 4 nitrogen and oxygen atoms in total. The summed E-state index contributed by atoms with van der Waals surface area (Å²) in [5.41, 5.74) is 2.47. The van der Waals surface area contributed by atoms with Crippen LogP contribution in [0.15, 0.2) is 48.5 Å². The summed E-state index contributed by atoms with van der Waals surface area (Å²) in [5, 5.41) is 12.6. The van der Waals surface area contributed by atoms with E-state index in [0.717, 1.165) is 16.9 Å². The Bertz CT molecular complexity index is 620. The Kier molecular flexibility index (Phi) is 5.55.